The summed E-state index contributed by atoms with van der Waals surface area (Å²) >= 11 is 0. The summed E-state index contributed by atoms with van der Waals surface area (Å²) in [6, 6.07) is 0. The van der Waals surface area contributed by atoms with Gasteiger partial charge in [-0.05, 0) is 31.8 Å². The largest absolute Gasteiger partial charge is 0.383 e. The van der Waals surface area contributed by atoms with E-state index in [0.717, 1.165) is 19.0 Å². The van der Waals surface area contributed by atoms with Crippen molar-refractivity contribution >= 4 is 6.21 Å². The molecular weight excluding hydrogens is 186 g/mol. The Bertz CT molecular complexity index is 244. The molecule has 1 fully saturated rings. The van der Waals surface area contributed by atoms with Crippen molar-refractivity contribution in [3.05, 3.63) is 11.8 Å². The zero-order valence-corrected chi connectivity index (χ0v) is 10.5. The average Bonchev–Trinajstić information content (AvgIpc) is 2.17. The number of rotatable bonds is 3. The fourth-order valence-electron chi connectivity index (χ4n) is 2.00. The van der Waals surface area contributed by atoms with Crippen molar-refractivity contribution in [1.29, 1.82) is 0 Å². The zero-order chi connectivity index (χ0) is 11.3. The Hall–Kier alpha value is -0.830. The molecule has 86 valence electrons. The molecule has 1 rings (SSSR count). The Balaban J connectivity index is 2.75. The molecule has 0 atom stereocenters. The van der Waals surface area contributed by atoms with Crippen LogP contribution in [-0.4, -0.2) is 57.0 Å². The maximum absolute atomic E-state index is 3.41. The van der Waals surface area contributed by atoms with E-state index >= 15 is 0 Å². The van der Waals surface area contributed by atoms with Crippen LogP contribution in [0, 0.1) is 5.92 Å². The zero-order valence-electron chi connectivity index (χ0n) is 10.5. The number of nitrogens with one attached hydrogen (secondary N) is 1. The summed E-state index contributed by atoms with van der Waals surface area (Å²) in [6.07, 6.45) is 7.00. The Morgan fingerprint density at radius 3 is 2.33 bits per heavy atom. The van der Waals surface area contributed by atoms with Gasteiger partial charge in [-0.3, -0.25) is 0 Å². The molecular formula is C12H24N3+. The number of allylic oxidation sites excluding steroid dienone is 1. The van der Waals surface area contributed by atoms with Gasteiger partial charge in [0.2, 0.25) is 0 Å². The molecule has 0 bridgehead atoms. The molecule has 1 heterocycles. The molecule has 1 N–H and O–H groups in total. The summed E-state index contributed by atoms with van der Waals surface area (Å²) in [6.45, 7) is 2.30. The van der Waals surface area contributed by atoms with E-state index in [2.05, 4.69) is 55.4 Å². The van der Waals surface area contributed by atoms with E-state index in [9.17, 15) is 0 Å². The maximum atomic E-state index is 3.41. The predicted molar refractivity (Wildman–Crippen MR) is 65.5 cm³/mol. The van der Waals surface area contributed by atoms with Crippen molar-refractivity contribution in [2.75, 3.05) is 41.3 Å². The van der Waals surface area contributed by atoms with Gasteiger partial charge < -0.3 is 10.2 Å². The highest BCUT2D eigenvalue weighted by Crippen LogP contribution is 2.20. The lowest BCUT2D eigenvalue weighted by atomic mass is 9.91. The lowest BCUT2D eigenvalue weighted by molar-refractivity contribution is -0.459. The smallest absolute Gasteiger partial charge is 0.167 e. The lowest BCUT2D eigenvalue weighted by Crippen LogP contribution is -2.30. The Kier molecular flexibility index (Phi) is 4.82. The molecule has 0 aromatic heterocycles. The molecule has 0 aliphatic carbocycles. The molecule has 3 nitrogen and oxygen atoms in total. The van der Waals surface area contributed by atoms with E-state index < -0.39 is 0 Å². The highest BCUT2D eigenvalue weighted by atomic mass is 15.0. The first kappa shape index (κ1) is 12.2. The van der Waals surface area contributed by atoms with Crippen LogP contribution in [0.2, 0.25) is 0 Å². The van der Waals surface area contributed by atoms with E-state index in [1.165, 1.54) is 18.4 Å². The molecule has 15 heavy (non-hydrogen) atoms. The topological polar surface area (TPSA) is 18.3 Å². The Morgan fingerprint density at radius 1 is 1.27 bits per heavy atom. The van der Waals surface area contributed by atoms with Gasteiger partial charge in [-0.2, -0.15) is 0 Å². The first-order chi connectivity index (χ1) is 7.09. The van der Waals surface area contributed by atoms with E-state index in [1.807, 2.05) is 0 Å². The summed E-state index contributed by atoms with van der Waals surface area (Å²) in [5.74, 6) is 0.719. The van der Waals surface area contributed by atoms with E-state index in [-0.39, 0.29) is 0 Å². The van der Waals surface area contributed by atoms with Gasteiger partial charge in [0, 0.05) is 25.9 Å². The van der Waals surface area contributed by atoms with Crippen LogP contribution in [0.25, 0.3) is 0 Å². The second kappa shape index (κ2) is 5.91. The van der Waals surface area contributed by atoms with Crippen LogP contribution >= 0.6 is 0 Å². The van der Waals surface area contributed by atoms with Gasteiger partial charge in [-0.15, -0.1) is 0 Å². The minimum atomic E-state index is 0.719. The molecule has 0 amide bonds. The third-order valence-electron chi connectivity index (χ3n) is 2.63. The highest BCUT2D eigenvalue weighted by molar-refractivity contribution is 5.74. The minimum absolute atomic E-state index is 0.719. The van der Waals surface area contributed by atoms with Crippen molar-refractivity contribution in [2.45, 2.75) is 12.8 Å². The number of nitrogens with zero attached hydrogens (tertiary/aromatic N) is 2. The van der Waals surface area contributed by atoms with Crippen molar-refractivity contribution in [1.82, 2.24) is 10.2 Å². The van der Waals surface area contributed by atoms with E-state index in [0.29, 0.717) is 0 Å². The van der Waals surface area contributed by atoms with Crippen LogP contribution in [0.4, 0.5) is 0 Å². The fourth-order valence-corrected chi connectivity index (χ4v) is 2.00. The van der Waals surface area contributed by atoms with Gasteiger partial charge >= 0.3 is 0 Å². The molecule has 1 aliphatic rings. The Morgan fingerprint density at radius 2 is 1.87 bits per heavy atom. The molecule has 3 heteroatoms. The number of hydrogen-bond donors (Lipinski definition) is 1. The summed E-state index contributed by atoms with van der Waals surface area (Å²) in [7, 11) is 8.35. The molecule has 0 saturated carbocycles. The van der Waals surface area contributed by atoms with Gasteiger partial charge in [0.05, 0.1) is 0 Å². The quantitative estimate of drug-likeness (QED) is 0.548. The van der Waals surface area contributed by atoms with E-state index in [4.69, 9.17) is 0 Å². The second-order valence-corrected chi connectivity index (χ2v) is 4.71. The molecule has 0 aromatic carbocycles. The van der Waals surface area contributed by atoms with Crippen LogP contribution < -0.4 is 5.32 Å². The number of piperidine rings is 1. The van der Waals surface area contributed by atoms with Crippen LogP contribution in [-0.2, 0) is 0 Å². The second-order valence-electron chi connectivity index (χ2n) is 4.71. The summed E-state index contributed by atoms with van der Waals surface area (Å²) in [4.78, 5) is 2.14. The van der Waals surface area contributed by atoms with Gasteiger partial charge in [0.1, 0.15) is 14.1 Å². The van der Waals surface area contributed by atoms with Crippen molar-refractivity contribution in [3.8, 4) is 0 Å². The fraction of sp³-hybridized carbons (Fsp3) is 0.750. The molecule has 0 aromatic rings. The molecule has 1 saturated heterocycles. The number of hydrogen-bond acceptors (Lipinski definition) is 2. The minimum Gasteiger partial charge on any atom is -0.383 e. The normalized spacial score (nSPS) is 18.8. The first-order valence-electron chi connectivity index (χ1n) is 5.69. The third kappa shape index (κ3) is 4.47. The van der Waals surface area contributed by atoms with Gasteiger partial charge in [0.15, 0.2) is 6.21 Å². The van der Waals surface area contributed by atoms with Crippen LogP contribution in [0.3, 0.4) is 0 Å². The van der Waals surface area contributed by atoms with Crippen LogP contribution in [0.1, 0.15) is 12.8 Å². The first-order valence-corrected chi connectivity index (χ1v) is 5.69. The van der Waals surface area contributed by atoms with Gasteiger partial charge in [-0.25, -0.2) is 4.58 Å². The predicted octanol–water partition coefficient (Wildman–Crippen LogP) is 0.774. The van der Waals surface area contributed by atoms with E-state index in [1.54, 1.807) is 0 Å². The van der Waals surface area contributed by atoms with Gasteiger partial charge in [-0.1, -0.05) is 0 Å². The van der Waals surface area contributed by atoms with Crippen molar-refractivity contribution in [3.63, 3.8) is 0 Å². The molecule has 0 radical (unpaired) electrons. The summed E-state index contributed by atoms with van der Waals surface area (Å²) in [5, 5.41) is 3.41. The van der Waals surface area contributed by atoms with Crippen LogP contribution in [0.15, 0.2) is 11.8 Å². The summed E-state index contributed by atoms with van der Waals surface area (Å²) in [5.41, 5.74) is 1.45. The SMILES string of the molecule is CN(C)/C=C(/C=[N+](C)C)C1CCNCC1. The van der Waals surface area contributed by atoms with Crippen molar-refractivity contribution < 1.29 is 4.58 Å². The molecule has 1 aliphatic heterocycles. The standard InChI is InChI=1S/C12H24N3/c1-14(2)9-12(10-15(3)4)11-5-7-13-8-6-11/h9-11,13H,5-8H2,1-4H3/q+1. The molecule has 0 spiro atoms. The van der Waals surface area contributed by atoms with Gasteiger partial charge in [0.25, 0.3) is 0 Å². The van der Waals surface area contributed by atoms with Crippen molar-refractivity contribution in [2.24, 2.45) is 5.92 Å². The molecule has 0 unspecified atom stereocenters. The third-order valence-corrected chi connectivity index (χ3v) is 2.63. The summed E-state index contributed by atoms with van der Waals surface area (Å²) < 4.78 is 2.14. The Labute approximate surface area is 93.5 Å². The lowest BCUT2D eigenvalue weighted by Gasteiger charge is -2.23. The monoisotopic (exact) mass is 210 g/mol. The average molecular weight is 210 g/mol. The van der Waals surface area contributed by atoms with Crippen LogP contribution in [0.5, 0.6) is 0 Å². The maximum Gasteiger partial charge on any atom is 0.167 e. The highest BCUT2D eigenvalue weighted by Gasteiger charge is 2.18.